The number of hydrogen-bond acceptors (Lipinski definition) is 6. The van der Waals surface area contributed by atoms with Crippen LogP contribution in [-0.4, -0.2) is 60.5 Å². The summed E-state index contributed by atoms with van der Waals surface area (Å²) in [5.41, 5.74) is 3.20. The van der Waals surface area contributed by atoms with Gasteiger partial charge in [0, 0.05) is 38.9 Å². The quantitative estimate of drug-likeness (QED) is 0.437. The zero-order chi connectivity index (χ0) is 24.6. The highest BCUT2D eigenvalue weighted by Crippen LogP contribution is 2.25. The number of aromatic nitrogens is 1. The topological polar surface area (TPSA) is 78.7 Å². The van der Waals surface area contributed by atoms with Gasteiger partial charge >= 0.3 is 0 Å². The van der Waals surface area contributed by atoms with E-state index in [2.05, 4.69) is 16.0 Å². The Kier molecular flexibility index (Phi) is 8.32. The van der Waals surface area contributed by atoms with Crippen LogP contribution in [0.5, 0.6) is 5.75 Å². The second-order valence-corrected chi connectivity index (χ2v) is 8.73. The van der Waals surface area contributed by atoms with Gasteiger partial charge in [0.25, 0.3) is 5.91 Å². The number of benzene rings is 2. The average molecular weight is 491 g/mol. The second kappa shape index (κ2) is 11.8. The highest BCUT2D eigenvalue weighted by molar-refractivity contribution is 6.29. The highest BCUT2D eigenvalue weighted by atomic mass is 35.5. The summed E-state index contributed by atoms with van der Waals surface area (Å²) in [6.07, 6.45) is 1.34. The van der Waals surface area contributed by atoms with E-state index in [1.54, 1.807) is 31.4 Å². The van der Waals surface area contributed by atoms with Crippen LogP contribution >= 0.6 is 11.6 Å². The number of rotatable bonds is 8. The number of ether oxygens (including phenoxy) is 2. The van der Waals surface area contributed by atoms with E-state index in [1.807, 2.05) is 41.3 Å². The lowest BCUT2D eigenvalue weighted by molar-refractivity contribution is 0.00333. The molecule has 0 unspecified atom stereocenters. The van der Waals surface area contributed by atoms with Gasteiger partial charge in [-0.15, -0.1) is 0 Å². The largest absolute Gasteiger partial charge is 0.497 e. The molecule has 4 rings (SSSR count). The van der Waals surface area contributed by atoms with Gasteiger partial charge in [-0.25, -0.2) is 4.98 Å². The minimum absolute atomic E-state index is 0.0322. The molecule has 1 amide bonds. The van der Waals surface area contributed by atoms with Gasteiger partial charge in [-0.3, -0.25) is 9.69 Å². The van der Waals surface area contributed by atoms with Crippen LogP contribution < -0.4 is 4.74 Å². The molecule has 35 heavy (non-hydrogen) atoms. The lowest BCUT2D eigenvalue weighted by Gasteiger charge is -2.36. The average Bonchev–Trinajstić information content (AvgIpc) is 2.91. The van der Waals surface area contributed by atoms with E-state index in [0.29, 0.717) is 42.5 Å². The molecule has 0 aliphatic carbocycles. The Labute approximate surface area is 210 Å². The lowest BCUT2D eigenvalue weighted by Crippen LogP contribution is -2.49. The van der Waals surface area contributed by atoms with E-state index in [-0.39, 0.29) is 12.0 Å². The normalized spacial score (nSPS) is 14.8. The molecule has 2 aromatic carbocycles. The van der Waals surface area contributed by atoms with E-state index in [4.69, 9.17) is 26.3 Å². The van der Waals surface area contributed by atoms with Gasteiger partial charge in [-0.05, 0) is 47.5 Å². The monoisotopic (exact) mass is 490 g/mol. The molecule has 1 saturated heterocycles. The van der Waals surface area contributed by atoms with Crippen molar-refractivity contribution >= 4 is 17.5 Å². The molecule has 1 fully saturated rings. The summed E-state index contributed by atoms with van der Waals surface area (Å²) in [5.74, 6) is 0.747. The third kappa shape index (κ3) is 6.58. The van der Waals surface area contributed by atoms with Gasteiger partial charge in [0.15, 0.2) is 0 Å². The Hall–Kier alpha value is -3.44. The molecule has 180 valence electrons. The van der Waals surface area contributed by atoms with Crippen molar-refractivity contribution in [3.05, 3.63) is 94.3 Å². The van der Waals surface area contributed by atoms with E-state index in [9.17, 15) is 4.79 Å². The van der Waals surface area contributed by atoms with Crippen LogP contribution in [0.2, 0.25) is 5.15 Å². The van der Waals surface area contributed by atoms with Gasteiger partial charge < -0.3 is 14.4 Å². The van der Waals surface area contributed by atoms with Gasteiger partial charge in [-0.2, -0.15) is 5.26 Å². The number of pyridine rings is 1. The molecule has 1 atom stereocenters. The third-order valence-electron chi connectivity index (χ3n) is 6.06. The first-order valence-electron chi connectivity index (χ1n) is 11.4. The number of halogens is 1. The Bertz CT molecular complexity index is 1170. The third-order valence-corrected chi connectivity index (χ3v) is 6.28. The number of nitrogens with zero attached hydrogens (tertiary/aromatic N) is 4. The number of carbonyl (C=O) groups is 1. The minimum atomic E-state index is -0.177. The molecular formula is C27H27ClN4O3. The van der Waals surface area contributed by atoms with Crippen molar-refractivity contribution in [2.24, 2.45) is 0 Å². The Morgan fingerprint density at radius 1 is 1.11 bits per heavy atom. The summed E-state index contributed by atoms with van der Waals surface area (Å²) in [7, 11) is 1.65. The maximum atomic E-state index is 12.8. The highest BCUT2D eigenvalue weighted by Gasteiger charge is 2.25. The first-order valence-corrected chi connectivity index (χ1v) is 11.8. The standard InChI is InChI=1S/C27H27ClN4O3/c1-34-24-4-2-3-22(15-24)25(35-19-21-7-5-20(16-29)6-8-21)18-31-11-13-32(14-12-31)27(33)23-9-10-26(28)30-17-23/h2-10,15,17,25H,11-14,18-19H2,1H3/t25-/m1/s1. The van der Waals surface area contributed by atoms with Gasteiger partial charge in [0.2, 0.25) is 0 Å². The molecular weight excluding hydrogens is 464 g/mol. The van der Waals surface area contributed by atoms with Crippen LogP contribution in [0.3, 0.4) is 0 Å². The molecule has 8 heteroatoms. The van der Waals surface area contributed by atoms with Crippen LogP contribution in [0.25, 0.3) is 0 Å². The summed E-state index contributed by atoms with van der Waals surface area (Å²) in [4.78, 5) is 21.0. The molecule has 0 N–H and O–H groups in total. The predicted molar refractivity (Wildman–Crippen MR) is 133 cm³/mol. The van der Waals surface area contributed by atoms with Gasteiger partial charge in [-0.1, -0.05) is 35.9 Å². The second-order valence-electron chi connectivity index (χ2n) is 8.35. The van der Waals surface area contributed by atoms with E-state index < -0.39 is 0 Å². The smallest absolute Gasteiger partial charge is 0.255 e. The van der Waals surface area contributed by atoms with Crippen LogP contribution in [0.1, 0.15) is 33.2 Å². The maximum Gasteiger partial charge on any atom is 0.255 e. The number of amides is 1. The number of carbonyl (C=O) groups excluding carboxylic acids is 1. The van der Waals surface area contributed by atoms with Crippen molar-refractivity contribution in [3.63, 3.8) is 0 Å². The Morgan fingerprint density at radius 2 is 1.89 bits per heavy atom. The Morgan fingerprint density at radius 3 is 2.54 bits per heavy atom. The fourth-order valence-electron chi connectivity index (χ4n) is 4.02. The Balaban J connectivity index is 1.40. The van der Waals surface area contributed by atoms with Gasteiger partial charge in [0.05, 0.1) is 37.0 Å². The molecule has 2 heterocycles. The SMILES string of the molecule is COc1cccc([C@@H](CN2CCN(C(=O)c3ccc(Cl)nc3)CC2)OCc2ccc(C#N)cc2)c1. The molecule has 7 nitrogen and oxygen atoms in total. The zero-order valence-electron chi connectivity index (χ0n) is 19.6. The molecule has 0 radical (unpaired) electrons. The summed E-state index contributed by atoms with van der Waals surface area (Å²) in [5, 5.41) is 9.40. The fourth-order valence-corrected chi connectivity index (χ4v) is 4.13. The first-order chi connectivity index (χ1) is 17.1. The molecule has 1 aliphatic heterocycles. The molecule has 3 aromatic rings. The van der Waals surface area contributed by atoms with E-state index >= 15 is 0 Å². The van der Waals surface area contributed by atoms with Gasteiger partial charge in [0.1, 0.15) is 10.9 Å². The van der Waals surface area contributed by atoms with Crippen LogP contribution in [0.15, 0.2) is 66.9 Å². The molecule has 0 spiro atoms. The van der Waals surface area contributed by atoms with Crippen LogP contribution in [0.4, 0.5) is 0 Å². The van der Waals surface area contributed by atoms with Crippen molar-refractivity contribution in [2.45, 2.75) is 12.7 Å². The first kappa shape index (κ1) is 24.7. The van der Waals surface area contributed by atoms with E-state index in [0.717, 1.165) is 30.0 Å². The molecule has 0 saturated carbocycles. The van der Waals surface area contributed by atoms with Crippen molar-refractivity contribution in [1.29, 1.82) is 5.26 Å². The maximum absolute atomic E-state index is 12.8. The van der Waals surface area contributed by atoms with Crippen molar-refractivity contribution in [2.75, 3.05) is 39.8 Å². The van der Waals surface area contributed by atoms with Crippen LogP contribution in [-0.2, 0) is 11.3 Å². The van der Waals surface area contributed by atoms with E-state index in [1.165, 1.54) is 6.20 Å². The number of piperazine rings is 1. The molecule has 0 bridgehead atoms. The number of methoxy groups -OCH3 is 1. The number of nitriles is 1. The zero-order valence-corrected chi connectivity index (χ0v) is 20.3. The predicted octanol–water partition coefficient (Wildman–Crippen LogP) is 4.33. The van der Waals surface area contributed by atoms with Crippen LogP contribution in [0, 0.1) is 11.3 Å². The number of hydrogen-bond donors (Lipinski definition) is 0. The summed E-state index contributed by atoms with van der Waals surface area (Å²) in [6.45, 7) is 3.86. The molecule has 1 aromatic heterocycles. The summed E-state index contributed by atoms with van der Waals surface area (Å²) in [6, 6.07) is 20.8. The summed E-state index contributed by atoms with van der Waals surface area (Å²) >= 11 is 5.84. The van der Waals surface area contributed by atoms with Crippen molar-refractivity contribution in [1.82, 2.24) is 14.8 Å². The fraction of sp³-hybridized carbons (Fsp3) is 0.296. The lowest BCUT2D eigenvalue weighted by atomic mass is 10.1. The molecule has 1 aliphatic rings. The minimum Gasteiger partial charge on any atom is -0.497 e. The van der Waals surface area contributed by atoms with Crippen molar-refractivity contribution in [3.8, 4) is 11.8 Å². The summed E-state index contributed by atoms with van der Waals surface area (Å²) < 4.78 is 11.8. The van der Waals surface area contributed by atoms with Crippen molar-refractivity contribution < 1.29 is 14.3 Å².